The largest absolute Gasteiger partial charge is 0.306 e. The molecule has 1 saturated heterocycles. The third kappa shape index (κ3) is 2.02. The van der Waals surface area contributed by atoms with Gasteiger partial charge >= 0.3 is 0 Å². The van der Waals surface area contributed by atoms with E-state index in [1.165, 1.54) is 25.9 Å². The van der Waals surface area contributed by atoms with Crippen molar-refractivity contribution in [3.63, 3.8) is 0 Å². The maximum Gasteiger partial charge on any atom is 0.0377 e. The van der Waals surface area contributed by atoms with Crippen LogP contribution in [0.25, 0.3) is 10.4 Å². The summed E-state index contributed by atoms with van der Waals surface area (Å²) in [5.41, 5.74) is 8.41. The van der Waals surface area contributed by atoms with E-state index in [4.69, 9.17) is 5.53 Å². The maximum absolute atomic E-state index is 8.41. The molecule has 1 aliphatic carbocycles. The van der Waals surface area contributed by atoms with Gasteiger partial charge in [0.15, 0.2) is 0 Å². The van der Waals surface area contributed by atoms with Crippen LogP contribution in [0, 0.1) is 11.8 Å². The lowest BCUT2D eigenvalue weighted by Gasteiger charge is -2.41. The van der Waals surface area contributed by atoms with Crippen molar-refractivity contribution in [1.29, 1.82) is 0 Å². The predicted octanol–water partition coefficient (Wildman–Crippen LogP) is 2.42. The van der Waals surface area contributed by atoms with Crippen molar-refractivity contribution in [2.24, 2.45) is 17.0 Å². The van der Waals surface area contributed by atoms with Crippen molar-refractivity contribution in [3.8, 4) is 0 Å². The zero-order valence-electron chi connectivity index (χ0n) is 8.76. The second-order valence-corrected chi connectivity index (χ2v) is 4.74. The minimum atomic E-state index is 0.282. The number of rotatable bonds is 1. The molecule has 0 spiro atoms. The summed E-state index contributed by atoms with van der Waals surface area (Å²) in [6.45, 7) is 2.46. The summed E-state index contributed by atoms with van der Waals surface area (Å²) in [5.74, 6) is 1.68. The van der Waals surface area contributed by atoms with Gasteiger partial charge in [-0.05, 0) is 56.6 Å². The first-order chi connectivity index (χ1) is 6.79. The van der Waals surface area contributed by atoms with Gasteiger partial charge in [-0.25, -0.2) is 0 Å². The molecular formula is C10H18N4. The highest BCUT2D eigenvalue weighted by atomic mass is 15.2. The number of likely N-dealkylation sites (tertiary alicyclic amines) is 1. The van der Waals surface area contributed by atoms with Gasteiger partial charge in [0, 0.05) is 17.5 Å². The highest BCUT2D eigenvalue weighted by Gasteiger charge is 2.33. The molecule has 0 unspecified atom stereocenters. The molecule has 1 aliphatic heterocycles. The van der Waals surface area contributed by atoms with Crippen LogP contribution in [0.3, 0.4) is 0 Å². The van der Waals surface area contributed by atoms with E-state index in [1.54, 1.807) is 0 Å². The number of piperidine rings is 1. The van der Waals surface area contributed by atoms with Gasteiger partial charge in [0.2, 0.25) is 0 Å². The Morgan fingerprint density at radius 2 is 2.14 bits per heavy atom. The minimum absolute atomic E-state index is 0.282. The first kappa shape index (κ1) is 9.81. The molecule has 1 heterocycles. The van der Waals surface area contributed by atoms with Gasteiger partial charge < -0.3 is 4.90 Å². The van der Waals surface area contributed by atoms with Crippen LogP contribution >= 0.6 is 0 Å². The monoisotopic (exact) mass is 194 g/mol. The van der Waals surface area contributed by atoms with Gasteiger partial charge in [-0.3, -0.25) is 0 Å². The fourth-order valence-corrected chi connectivity index (χ4v) is 2.95. The normalized spacial score (nSPS) is 38.5. The molecule has 2 fully saturated rings. The van der Waals surface area contributed by atoms with Crippen molar-refractivity contribution >= 4 is 0 Å². The lowest BCUT2D eigenvalue weighted by Crippen LogP contribution is -2.41. The molecule has 0 aromatic carbocycles. The molecule has 0 bridgehead atoms. The van der Waals surface area contributed by atoms with E-state index in [0.717, 1.165) is 24.7 Å². The zero-order valence-corrected chi connectivity index (χ0v) is 8.76. The molecule has 4 heteroatoms. The van der Waals surface area contributed by atoms with Gasteiger partial charge in [-0.2, -0.15) is 0 Å². The Hall–Kier alpha value is -0.730. The van der Waals surface area contributed by atoms with E-state index in [0.29, 0.717) is 0 Å². The second-order valence-electron chi connectivity index (χ2n) is 4.74. The van der Waals surface area contributed by atoms with E-state index in [-0.39, 0.29) is 6.04 Å². The minimum Gasteiger partial charge on any atom is -0.306 e. The van der Waals surface area contributed by atoms with E-state index >= 15 is 0 Å². The Labute approximate surface area is 84.9 Å². The van der Waals surface area contributed by atoms with Crippen molar-refractivity contribution in [2.45, 2.75) is 31.7 Å². The Bertz CT molecular complexity index is 247. The molecule has 0 radical (unpaired) electrons. The molecule has 2 aliphatic rings. The summed E-state index contributed by atoms with van der Waals surface area (Å²) in [6, 6.07) is 0.282. The highest BCUT2D eigenvalue weighted by molar-refractivity contribution is 4.88. The van der Waals surface area contributed by atoms with E-state index in [2.05, 4.69) is 22.0 Å². The fourth-order valence-electron chi connectivity index (χ4n) is 2.95. The van der Waals surface area contributed by atoms with Gasteiger partial charge in [-0.15, -0.1) is 0 Å². The van der Waals surface area contributed by atoms with Crippen molar-refractivity contribution in [3.05, 3.63) is 10.4 Å². The Kier molecular flexibility index (Phi) is 2.94. The molecule has 78 valence electrons. The lowest BCUT2D eigenvalue weighted by atomic mass is 9.73. The SMILES string of the molecule is CN1CC[C@@H]2C[C@@H](N=[N+]=[N-])CC[C@H]2C1. The highest BCUT2D eigenvalue weighted by Crippen LogP contribution is 2.36. The molecule has 0 aromatic rings. The van der Waals surface area contributed by atoms with Gasteiger partial charge in [-0.1, -0.05) is 5.11 Å². The lowest BCUT2D eigenvalue weighted by molar-refractivity contribution is 0.0968. The van der Waals surface area contributed by atoms with Crippen LogP contribution in [0.4, 0.5) is 0 Å². The molecule has 0 aromatic heterocycles. The van der Waals surface area contributed by atoms with E-state index < -0.39 is 0 Å². The second kappa shape index (κ2) is 4.20. The van der Waals surface area contributed by atoms with Crippen molar-refractivity contribution in [1.82, 2.24) is 4.90 Å². The Morgan fingerprint density at radius 3 is 2.93 bits per heavy atom. The maximum atomic E-state index is 8.41. The predicted molar refractivity (Wildman–Crippen MR) is 55.9 cm³/mol. The molecule has 0 amide bonds. The standard InChI is InChI=1S/C10H18N4/c1-14-5-4-8-6-10(12-13-11)3-2-9(8)7-14/h8-10H,2-7H2,1H3/t8-,9+,10+/m1/s1. The van der Waals surface area contributed by atoms with Gasteiger partial charge in [0.25, 0.3) is 0 Å². The van der Waals surface area contributed by atoms with E-state index in [9.17, 15) is 0 Å². The van der Waals surface area contributed by atoms with Crippen LogP contribution in [0.1, 0.15) is 25.7 Å². The number of hydrogen-bond donors (Lipinski definition) is 0. The van der Waals surface area contributed by atoms with Gasteiger partial charge in [0.05, 0.1) is 0 Å². The number of azide groups is 1. The van der Waals surface area contributed by atoms with Crippen molar-refractivity contribution < 1.29 is 0 Å². The third-order valence-electron chi connectivity index (χ3n) is 3.75. The summed E-state index contributed by atoms with van der Waals surface area (Å²) >= 11 is 0. The third-order valence-corrected chi connectivity index (χ3v) is 3.75. The smallest absolute Gasteiger partial charge is 0.0377 e. The molecule has 14 heavy (non-hydrogen) atoms. The van der Waals surface area contributed by atoms with Crippen LogP contribution in [-0.2, 0) is 0 Å². The molecular weight excluding hydrogens is 176 g/mol. The van der Waals surface area contributed by atoms with Crippen LogP contribution in [0.2, 0.25) is 0 Å². The average Bonchev–Trinajstić information content (AvgIpc) is 2.19. The summed E-state index contributed by atoms with van der Waals surface area (Å²) in [6.07, 6.45) is 4.76. The first-order valence-corrected chi connectivity index (χ1v) is 5.52. The quantitative estimate of drug-likeness (QED) is 0.359. The van der Waals surface area contributed by atoms with Crippen molar-refractivity contribution in [2.75, 3.05) is 20.1 Å². The average molecular weight is 194 g/mol. The number of fused-ring (bicyclic) bond motifs is 1. The molecule has 1 saturated carbocycles. The number of nitrogens with zero attached hydrogens (tertiary/aromatic N) is 4. The number of hydrogen-bond acceptors (Lipinski definition) is 2. The van der Waals surface area contributed by atoms with Crippen LogP contribution in [0.5, 0.6) is 0 Å². The molecule has 4 nitrogen and oxygen atoms in total. The van der Waals surface area contributed by atoms with Crippen LogP contribution in [-0.4, -0.2) is 31.1 Å². The van der Waals surface area contributed by atoms with E-state index in [1.807, 2.05) is 0 Å². The topological polar surface area (TPSA) is 52.0 Å². The summed E-state index contributed by atoms with van der Waals surface area (Å²) in [4.78, 5) is 5.35. The van der Waals surface area contributed by atoms with Gasteiger partial charge in [0.1, 0.15) is 0 Å². The van der Waals surface area contributed by atoms with Crippen LogP contribution in [0.15, 0.2) is 5.11 Å². The molecule has 3 atom stereocenters. The molecule has 2 rings (SSSR count). The summed E-state index contributed by atoms with van der Waals surface area (Å²) in [7, 11) is 2.20. The summed E-state index contributed by atoms with van der Waals surface area (Å²) < 4.78 is 0. The Morgan fingerprint density at radius 1 is 1.29 bits per heavy atom. The van der Waals surface area contributed by atoms with Crippen LogP contribution < -0.4 is 0 Å². The fraction of sp³-hybridized carbons (Fsp3) is 1.00. The zero-order chi connectivity index (χ0) is 9.97. The first-order valence-electron chi connectivity index (χ1n) is 5.52. The summed E-state index contributed by atoms with van der Waals surface area (Å²) in [5, 5.41) is 3.86. The molecule has 0 N–H and O–H groups in total. The Balaban J connectivity index is 1.94.